The summed E-state index contributed by atoms with van der Waals surface area (Å²) >= 11 is 0. The van der Waals surface area contributed by atoms with Crippen molar-refractivity contribution in [2.24, 2.45) is 0 Å². The van der Waals surface area contributed by atoms with E-state index < -0.39 is 5.97 Å². The molecule has 0 saturated carbocycles. The van der Waals surface area contributed by atoms with E-state index >= 15 is 0 Å². The summed E-state index contributed by atoms with van der Waals surface area (Å²) in [4.78, 5) is 25.6. The number of carbonyl (C=O) groups excluding carboxylic acids is 1. The number of benzene rings is 1. The number of rotatable bonds is 4. The highest BCUT2D eigenvalue weighted by Crippen LogP contribution is 2.14. The Morgan fingerprint density at radius 2 is 1.86 bits per heavy atom. The lowest BCUT2D eigenvalue weighted by Crippen LogP contribution is -2.13. The van der Waals surface area contributed by atoms with Gasteiger partial charge >= 0.3 is 5.97 Å². The fraction of sp³-hybridized carbons (Fsp3) is 0.125. The lowest BCUT2D eigenvalue weighted by Gasteiger charge is -2.05. The molecule has 0 saturated heterocycles. The molecule has 0 unspecified atom stereocenters. The Labute approximate surface area is 122 Å². The first-order chi connectivity index (χ1) is 9.95. The number of nitrogens with one attached hydrogen (secondary N) is 2. The average Bonchev–Trinajstić information content (AvgIpc) is 2.77. The molecule has 3 N–H and O–H groups in total. The predicted molar refractivity (Wildman–Crippen MR) is 81.3 cm³/mol. The topological polar surface area (TPSA) is 82.2 Å². The van der Waals surface area contributed by atoms with E-state index in [9.17, 15) is 9.59 Å². The van der Waals surface area contributed by atoms with E-state index in [-0.39, 0.29) is 5.91 Å². The number of hydrogen-bond donors (Lipinski definition) is 3. The molecule has 5 heteroatoms. The van der Waals surface area contributed by atoms with Gasteiger partial charge in [0.25, 0.3) is 5.91 Å². The van der Waals surface area contributed by atoms with Gasteiger partial charge in [-0.1, -0.05) is 12.1 Å². The molecule has 1 amide bonds. The maximum Gasteiger partial charge on any atom is 0.328 e. The first kappa shape index (κ1) is 14.6. The van der Waals surface area contributed by atoms with Gasteiger partial charge in [0.1, 0.15) is 5.69 Å². The smallest absolute Gasteiger partial charge is 0.328 e. The summed E-state index contributed by atoms with van der Waals surface area (Å²) < 4.78 is 0. The molecule has 0 aliphatic rings. The maximum atomic E-state index is 12.1. The molecule has 108 valence electrons. The van der Waals surface area contributed by atoms with Gasteiger partial charge in [-0.2, -0.15) is 0 Å². The first-order valence-corrected chi connectivity index (χ1v) is 6.44. The molecule has 0 radical (unpaired) electrons. The van der Waals surface area contributed by atoms with E-state index in [1.54, 1.807) is 24.3 Å². The zero-order valence-corrected chi connectivity index (χ0v) is 11.8. The third kappa shape index (κ3) is 3.82. The Morgan fingerprint density at radius 1 is 1.19 bits per heavy atom. The van der Waals surface area contributed by atoms with Crippen molar-refractivity contribution >= 4 is 23.6 Å². The van der Waals surface area contributed by atoms with Crippen LogP contribution in [-0.2, 0) is 4.79 Å². The van der Waals surface area contributed by atoms with Crippen LogP contribution in [0.1, 0.15) is 27.3 Å². The van der Waals surface area contributed by atoms with Crippen LogP contribution in [0.15, 0.2) is 36.4 Å². The summed E-state index contributed by atoms with van der Waals surface area (Å²) in [7, 11) is 0. The second kappa shape index (κ2) is 6.09. The van der Waals surface area contributed by atoms with Crippen molar-refractivity contribution in [3.8, 4) is 0 Å². The summed E-state index contributed by atoms with van der Waals surface area (Å²) in [6.07, 6.45) is 2.56. The highest BCUT2D eigenvalue weighted by Gasteiger charge is 2.11. The van der Waals surface area contributed by atoms with Crippen molar-refractivity contribution in [2.45, 2.75) is 13.8 Å². The van der Waals surface area contributed by atoms with Crippen LogP contribution in [0.3, 0.4) is 0 Å². The van der Waals surface area contributed by atoms with E-state index in [4.69, 9.17) is 5.11 Å². The fourth-order valence-electron chi connectivity index (χ4n) is 2.00. The Balaban J connectivity index is 2.08. The summed E-state index contributed by atoms with van der Waals surface area (Å²) in [6, 6.07) is 8.84. The van der Waals surface area contributed by atoms with Crippen molar-refractivity contribution in [1.29, 1.82) is 0 Å². The number of aliphatic carboxylic acids is 1. The van der Waals surface area contributed by atoms with Crippen molar-refractivity contribution in [2.75, 3.05) is 5.32 Å². The molecule has 1 aromatic heterocycles. The Morgan fingerprint density at radius 3 is 2.38 bits per heavy atom. The number of aryl methyl sites for hydroxylation is 2. The van der Waals surface area contributed by atoms with E-state index in [1.807, 2.05) is 19.9 Å². The summed E-state index contributed by atoms with van der Waals surface area (Å²) in [6.45, 7) is 3.77. The average molecular weight is 284 g/mol. The maximum absolute atomic E-state index is 12.1. The molecule has 0 bridgehead atoms. The van der Waals surface area contributed by atoms with Gasteiger partial charge in [0.2, 0.25) is 0 Å². The van der Waals surface area contributed by atoms with Crippen LogP contribution in [0.4, 0.5) is 5.69 Å². The van der Waals surface area contributed by atoms with Crippen molar-refractivity contribution in [3.63, 3.8) is 0 Å². The van der Waals surface area contributed by atoms with E-state index in [1.165, 1.54) is 6.08 Å². The minimum atomic E-state index is -0.995. The molecular formula is C16H16N2O3. The highest BCUT2D eigenvalue weighted by molar-refractivity contribution is 6.04. The molecule has 0 fully saturated rings. The second-order valence-electron chi connectivity index (χ2n) is 4.76. The minimum Gasteiger partial charge on any atom is -0.478 e. The SMILES string of the molecule is Cc1cc(C)c(C(=O)Nc2ccc(C=CC(=O)O)cc2)[nH]1. The number of carbonyl (C=O) groups is 2. The number of amides is 1. The number of H-pyrrole nitrogens is 1. The lowest BCUT2D eigenvalue weighted by molar-refractivity contribution is -0.131. The largest absolute Gasteiger partial charge is 0.478 e. The predicted octanol–water partition coefficient (Wildman–Crippen LogP) is 2.98. The van der Waals surface area contributed by atoms with Crippen LogP contribution in [0.25, 0.3) is 6.08 Å². The zero-order chi connectivity index (χ0) is 15.4. The Bertz CT molecular complexity index is 697. The van der Waals surface area contributed by atoms with Crippen LogP contribution in [0.2, 0.25) is 0 Å². The summed E-state index contributed by atoms with van der Waals surface area (Å²) in [5.74, 6) is -1.20. The molecule has 5 nitrogen and oxygen atoms in total. The van der Waals surface area contributed by atoms with E-state index in [2.05, 4.69) is 10.3 Å². The Hall–Kier alpha value is -2.82. The van der Waals surface area contributed by atoms with Gasteiger partial charge in [-0.15, -0.1) is 0 Å². The molecule has 0 atom stereocenters. The summed E-state index contributed by atoms with van der Waals surface area (Å²) in [5, 5.41) is 11.3. The van der Waals surface area contributed by atoms with Crippen molar-refractivity contribution in [3.05, 3.63) is 58.9 Å². The lowest BCUT2D eigenvalue weighted by atomic mass is 10.2. The highest BCUT2D eigenvalue weighted by atomic mass is 16.4. The number of carboxylic acid groups (broad SMARTS) is 1. The molecule has 0 spiro atoms. The number of hydrogen-bond acceptors (Lipinski definition) is 2. The van der Waals surface area contributed by atoms with E-state index in [0.717, 1.165) is 22.9 Å². The van der Waals surface area contributed by atoms with Gasteiger partial charge in [0.05, 0.1) is 0 Å². The van der Waals surface area contributed by atoms with Crippen LogP contribution in [-0.4, -0.2) is 22.0 Å². The molecule has 0 aliphatic carbocycles. The standard InChI is InChI=1S/C16H16N2O3/c1-10-9-11(2)17-15(10)16(21)18-13-6-3-12(4-7-13)5-8-14(19)20/h3-9,17H,1-2H3,(H,18,21)(H,19,20). The second-order valence-corrected chi connectivity index (χ2v) is 4.76. The Kier molecular flexibility index (Phi) is 4.23. The van der Waals surface area contributed by atoms with Gasteiger partial charge in [-0.25, -0.2) is 4.79 Å². The summed E-state index contributed by atoms with van der Waals surface area (Å²) in [5.41, 5.74) is 3.78. The number of carboxylic acids is 1. The molecule has 0 aliphatic heterocycles. The van der Waals surface area contributed by atoms with Crippen molar-refractivity contribution < 1.29 is 14.7 Å². The van der Waals surface area contributed by atoms with Crippen LogP contribution < -0.4 is 5.32 Å². The van der Waals surface area contributed by atoms with Gasteiger partial charge in [0, 0.05) is 17.5 Å². The normalized spacial score (nSPS) is 10.8. The number of aromatic amines is 1. The molecule has 21 heavy (non-hydrogen) atoms. The van der Waals surface area contributed by atoms with Gasteiger partial charge in [-0.3, -0.25) is 4.79 Å². The van der Waals surface area contributed by atoms with Gasteiger partial charge in [0.15, 0.2) is 0 Å². The fourth-order valence-corrected chi connectivity index (χ4v) is 2.00. The number of anilines is 1. The van der Waals surface area contributed by atoms with E-state index in [0.29, 0.717) is 11.4 Å². The van der Waals surface area contributed by atoms with Crippen LogP contribution in [0.5, 0.6) is 0 Å². The third-order valence-corrected chi connectivity index (χ3v) is 2.96. The molecular weight excluding hydrogens is 268 g/mol. The quantitative estimate of drug-likeness (QED) is 0.755. The third-order valence-electron chi connectivity index (χ3n) is 2.96. The van der Waals surface area contributed by atoms with Crippen LogP contribution in [0, 0.1) is 13.8 Å². The zero-order valence-electron chi connectivity index (χ0n) is 11.8. The molecule has 1 aromatic carbocycles. The van der Waals surface area contributed by atoms with Crippen LogP contribution >= 0.6 is 0 Å². The van der Waals surface area contributed by atoms with Gasteiger partial charge in [-0.05, 0) is 49.2 Å². The minimum absolute atomic E-state index is 0.200. The molecule has 2 aromatic rings. The monoisotopic (exact) mass is 284 g/mol. The van der Waals surface area contributed by atoms with Gasteiger partial charge < -0.3 is 15.4 Å². The first-order valence-electron chi connectivity index (χ1n) is 6.44. The number of aromatic nitrogens is 1. The molecule has 1 heterocycles. The molecule has 2 rings (SSSR count). The van der Waals surface area contributed by atoms with Crippen molar-refractivity contribution in [1.82, 2.24) is 4.98 Å².